The third kappa shape index (κ3) is 4.87. The van der Waals surface area contributed by atoms with Crippen molar-refractivity contribution in [3.63, 3.8) is 0 Å². The van der Waals surface area contributed by atoms with Gasteiger partial charge in [-0.1, -0.05) is 45.8 Å². The zero-order valence-corrected chi connectivity index (χ0v) is 24.3. The predicted octanol–water partition coefficient (Wildman–Crippen LogP) is 8.62. The van der Waals surface area contributed by atoms with Gasteiger partial charge in [-0.2, -0.15) is 0 Å². The highest BCUT2D eigenvalue weighted by Gasteiger charge is 2.52. The summed E-state index contributed by atoms with van der Waals surface area (Å²) in [6.07, 6.45) is 7.94. The molecule has 3 aromatic rings. The van der Waals surface area contributed by atoms with E-state index in [1.165, 1.54) is 49.7 Å². The Balaban J connectivity index is 1.22. The Kier molecular flexibility index (Phi) is 6.69. The second kappa shape index (κ2) is 9.85. The SMILES string of the molecule is Cc1cc(CNc2ccccc2NCc2cc(Br)cc(Br)c2O)c(O)c(C23CC4CC(CC(C4)C2)C3)c1. The van der Waals surface area contributed by atoms with Crippen molar-refractivity contribution in [2.24, 2.45) is 17.8 Å². The zero-order valence-electron chi connectivity index (χ0n) is 21.2. The summed E-state index contributed by atoms with van der Waals surface area (Å²) in [4.78, 5) is 0. The lowest BCUT2D eigenvalue weighted by atomic mass is 9.48. The van der Waals surface area contributed by atoms with Gasteiger partial charge in [0.05, 0.1) is 15.8 Å². The van der Waals surface area contributed by atoms with Crippen LogP contribution in [0.25, 0.3) is 0 Å². The third-order valence-electron chi connectivity index (χ3n) is 8.92. The number of hydrogen-bond donors (Lipinski definition) is 4. The van der Waals surface area contributed by atoms with Gasteiger partial charge in [0.25, 0.3) is 0 Å². The highest BCUT2D eigenvalue weighted by atomic mass is 79.9. The first-order valence-electron chi connectivity index (χ1n) is 13.4. The lowest BCUT2D eigenvalue weighted by molar-refractivity contribution is -0.00620. The average Bonchev–Trinajstić information content (AvgIpc) is 2.85. The number of hydrogen-bond acceptors (Lipinski definition) is 4. The van der Waals surface area contributed by atoms with E-state index in [1.54, 1.807) is 0 Å². The van der Waals surface area contributed by atoms with Crippen molar-refractivity contribution in [2.75, 3.05) is 10.6 Å². The van der Waals surface area contributed by atoms with Gasteiger partial charge in [-0.05, 0) is 109 Å². The number of aryl methyl sites for hydroxylation is 1. The summed E-state index contributed by atoms with van der Waals surface area (Å²) in [6.45, 7) is 3.19. The fourth-order valence-electron chi connectivity index (χ4n) is 7.76. The number of phenols is 2. The van der Waals surface area contributed by atoms with Crippen LogP contribution < -0.4 is 10.6 Å². The lowest BCUT2D eigenvalue weighted by Crippen LogP contribution is -2.48. The van der Waals surface area contributed by atoms with Crippen LogP contribution in [0.1, 0.15) is 60.8 Å². The van der Waals surface area contributed by atoms with Gasteiger partial charge in [0.1, 0.15) is 11.5 Å². The smallest absolute Gasteiger partial charge is 0.134 e. The molecule has 0 saturated heterocycles. The van der Waals surface area contributed by atoms with Crippen LogP contribution in [0.3, 0.4) is 0 Å². The van der Waals surface area contributed by atoms with E-state index in [0.29, 0.717) is 23.3 Å². The van der Waals surface area contributed by atoms with Crippen LogP contribution in [0.5, 0.6) is 11.5 Å². The molecule has 0 aromatic heterocycles. The van der Waals surface area contributed by atoms with Gasteiger partial charge >= 0.3 is 0 Å². The Bertz CT molecular complexity index is 1300. The summed E-state index contributed by atoms with van der Waals surface area (Å²) in [5, 5.41) is 29.0. The molecule has 0 amide bonds. The Labute approximate surface area is 236 Å². The molecule has 4 fully saturated rings. The van der Waals surface area contributed by atoms with Crippen molar-refractivity contribution < 1.29 is 10.2 Å². The topological polar surface area (TPSA) is 64.5 Å². The number of rotatable bonds is 7. The van der Waals surface area contributed by atoms with Gasteiger partial charge in [0.2, 0.25) is 0 Å². The van der Waals surface area contributed by atoms with Crippen molar-refractivity contribution in [3.05, 3.63) is 79.7 Å². The number of phenolic OH excluding ortho intramolecular Hbond substituents is 2. The molecule has 4 bridgehead atoms. The highest BCUT2D eigenvalue weighted by Crippen LogP contribution is 2.62. The molecule has 4 N–H and O–H groups in total. The molecule has 0 atom stereocenters. The second-order valence-corrected chi connectivity index (χ2v) is 13.4. The lowest BCUT2D eigenvalue weighted by Gasteiger charge is -2.57. The van der Waals surface area contributed by atoms with E-state index in [-0.39, 0.29) is 11.2 Å². The predicted molar refractivity (Wildman–Crippen MR) is 157 cm³/mol. The molecule has 4 nitrogen and oxygen atoms in total. The molecule has 194 valence electrons. The molecular weight excluding hydrogens is 592 g/mol. The normalized spacial score (nSPS) is 25.9. The van der Waals surface area contributed by atoms with Crippen LogP contribution in [0.2, 0.25) is 0 Å². The fourth-order valence-corrected chi connectivity index (χ4v) is 9.07. The zero-order chi connectivity index (χ0) is 25.7. The van der Waals surface area contributed by atoms with Gasteiger partial charge in [-0.15, -0.1) is 0 Å². The first kappa shape index (κ1) is 25.1. The molecule has 0 heterocycles. The summed E-state index contributed by atoms with van der Waals surface area (Å²) in [5.41, 5.74) is 6.27. The molecule has 4 saturated carbocycles. The Hall–Kier alpha value is -2.18. The fraction of sp³-hybridized carbons (Fsp3) is 0.419. The first-order valence-corrected chi connectivity index (χ1v) is 14.9. The molecule has 0 spiro atoms. The molecule has 37 heavy (non-hydrogen) atoms. The number of para-hydroxylation sites is 2. The quantitative estimate of drug-likeness (QED) is 0.212. The van der Waals surface area contributed by atoms with E-state index in [9.17, 15) is 10.2 Å². The summed E-state index contributed by atoms with van der Waals surface area (Å²) in [5.74, 6) is 3.26. The van der Waals surface area contributed by atoms with Crippen LogP contribution in [0.4, 0.5) is 11.4 Å². The van der Waals surface area contributed by atoms with Crippen LogP contribution >= 0.6 is 31.9 Å². The number of anilines is 2. The molecule has 4 aliphatic carbocycles. The van der Waals surface area contributed by atoms with Crippen molar-refractivity contribution in [1.29, 1.82) is 0 Å². The standard InChI is InChI=1S/C31H34Br2N2O2/c1-18-6-22(29(36)25(7-18)31-13-19-8-20(14-31)10-21(9-19)15-31)16-34-27-4-2-3-5-28(27)35-17-23-11-24(32)12-26(33)30(23)37/h2-7,11-12,19-21,34-37H,8-10,13-17H2,1H3. The minimum atomic E-state index is 0.166. The molecule has 7 rings (SSSR count). The largest absolute Gasteiger partial charge is 0.507 e. The van der Waals surface area contributed by atoms with Crippen LogP contribution in [0, 0.1) is 24.7 Å². The number of benzene rings is 3. The van der Waals surface area contributed by atoms with Gasteiger partial charge in [-0.3, -0.25) is 0 Å². The van der Waals surface area contributed by atoms with Crippen molar-refractivity contribution in [1.82, 2.24) is 0 Å². The first-order chi connectivity index (χ1) is 17.8. The summed E-state index contributed by atoms with van der Waals surface area (Å²) in [7, 11) is 0. The molecule has 0 unspecified atom stereocenters. The Morgan fingerprint density at radius 3 is 1.89 bits per heavy atom. The number of nitrogens with one attached hydrogen (secondary N) is 2. The van der Waals surface area contributed by atoms with E-state index in [2.05, 4.69) is 61.5 Å². The molecule has 0 aliphatic heterocycles. The minimum Gasteiger partial charge on any atom is -0.507 e. The minimum absolute atomic E-state index is 0.166. The van der Waals surface area contributed by atoms with E-state index >= 15 is 0 Å². The summed E-state index contributed by atoms with van der Waals surface area (Å²) < 4.78 is 1.57. The maximum atomic E-state index is 11.6. The number of aromatic hydroxyl groups is 2. The van der Waals surface area contributed by atoms with E-state index in [0.717, 1.165) is 44.7 Å². The maximum absolute atomic E-state index is 11.6. The molecular formula is C31H34Br2N2O2. The van der Waals surface area contributed by atoms with Crippen molar-refractivity contribution >= 4 is 43.2 Å². The number of halogens is 2. The van der Waals surface area contributed by atoms with Gasteiger partial charge in [-0.25, -0.2) is 0 Å². The van der Waals surface area contributed by atoms with Crippen molar-refractivity contribution in [2.45, 2.75) is 64.0 Å². The van der Waals surface area contributed by atoms with E-state index in [1.807, 2.05) is 36.4 Å². The second-order valence-electron chi connectivity index (χ2n) is 11.7. The van der Waals surface area contributed by atoms with E-state index in [4.69, 9.17) is 0 Å². The van der Waals surface area contributed by atoms with Gasteiger partial charge < -0.3 is 20.8 Å². The van der Waals surface area contributed by atoms with Gasteiger partial charge in [0, 0.05) is 34.3 Å². The maximum Gasteiger partial charge on any atom is 0.134 e. The molecule has 6 heteroatoms. The average molecular weight is 626 g/mol. The van der Waals surface area contributed by atoms with Crippen molar-refractivity contribution in [3.8, 4) is 11.5 Å². The summed E-state index contributed by atoms with van der Waals surface area (Å²) in [6, 6.07) is 16.2. The van der Waals surface area contributed by atoms with E-state index < -0.39 is 0 Å². The van der Waals surface area contributed by atoms with Crippen LogP contribution in [0.15, 0.2) is 57.5 Å². The molecule has 4 aliphatic rings. The van der Waals surface area contributed by atoms with Crippen LogP contribution in [-0.2, 0) is 18.5 Å². The third-order valence-corrected chi connectivity index (χ3v) is 9.98. The Morgan fingerprint density at radius 1 is 0.784 bits per heavy atom. The monoisotopic (exact) mass is 624 g/mol. The van der Waals surface area contributed by atoms with Gasteiger partial charge in [0.15, 0.2) is 0 Å². The Morgan fingerprint density at radius 2 is 1.32 bits per heavy atom. The van der Waals surface area contributed by atoms with Crippen LogP contribution in [-0.4, -0.2) is 10.2 Å². The molecule has 3 aromatic carbocycles. The summed E-state index contributed by atoms with van der Waals surface area (Å²) >= 11 is 6.92. The highest BCUT2D eigenvalue weighted by molar-refractivity contribution is 9.11. The molecule has 0 radical (unpaired) electrons.